The minimum atomic E-state index is -0.711. The van der Waals surface area contributed by atoms with Crippen LogP contribution < -0.4 is 10.6 Å². The van der Waals surface area contributed by atoms with Gasteiger partial charge in [-0.1, -0.05) is 31.0 Å². The van der Waals surface area contributed by atoms with E-state index in [1.807, 2.05) is 18.2 Å². The number of benzene rings is 1. The predicted molar refractivity (Wildman–Crippen MR) is 84.4 cm³/mol. The monoisotopic (exact) mass is 304 g/mol. The third-order valence-electron chi connectivity index (χ3n) is 4.05. The van der Waals surface area contributed by atoms with Crippen molar-refractivity contribution in [2.45, 2.75) is 44.1 Å². The van der Waals surface area contributed by atoms with E-state index in [9.17, 15) is 14.7 Å². The second-order valence-corrected chi connectivity index (χ2v) is 5.93. The molecule has 0 radical (unpaired) electrons. The van der Waals surface area contributed by atoms with E-state index in [1.54, 1.807) is 12.1 Å². The average Bonchev–Trinajstić information content (AvgIpc) is 2.97. The summed E-state index contributed by atoms with van der Waals surface area (Å²) in [5.41, 5.74) is -0.0904. The molecule has 3 N–H and O–H groups in total. The van der Waals surface area contributed by atoms with Gasteiger partial charge in [-0.2, -0.15) is 0 Å². The molecule has 5 heteroatoms. The first-order chi connectivity index (χ1) is 10.6. The fourth-order valence-corrected chi connectivity index (χ4v) is 2.70. The minimum absolute atomic E-state index is 0.0747. The van der Waals surface area contributed by atoms with Crippen LogP contribution in [0.15, 0.2) is 30.3 Å². The Morgan fingerprint density at radius 1 is 1.09 bits per heavy atom. The number of carbonyl (C=O) groups is 2. The smallest absolute Gasteiger partial charge is 0.251 e. The Balaban J connectivity index is 1.58. The zero-order valence-corrected chi connectivity index (χ0v) is 12.8. The van der Waals surface area contributed by atoms with E-state index in [4.69, 9.17) is 0 Å². The van der Waals surface area contributed by atoms with Crippen molar-refractivity contribution in [1.82, 2.24) is 10.6 Å². The van der Waals surface area contributed by atoms with Crippen LogP contribution >= 0.6 is 0 Å². The van der Waals surface area contributed by atoms with E-state index >= 15 is 0 Å². The summed E-state index contributed by atoms with van der Waals surface area (Å²) in [4.78, 5) is 23.5. The van der Waals surface area contributed by atoms with Gasteiger partial charge in [-0.3, -0.25) is 9.59 Å². The van der Waals surface area contributed by atoms with Crippen molar-refractivity contribution < 1.29 is 14.7 Å². The zero-order valence-electron chi connectivity index (χ0n) is 12.8. The van der Waals surface area contributed by atoms with Crippen molar-refractivity contribution in [3.8, 4) is 0 Å². The molecule has 0 bridgehead atoms. The van der Waals surface area contributed by atoms with Crippen molar-refractivity contribution in [2.24, 2.45) is 0 Å². The highest BCUT2D eigenvalue weighted by Crippen LogP contribution is 2.28. The molecule has 1 saturated carbocycles. The van der Waals surface area contributed by atoms with Crippen molar-refractivity contribution in [3.63, 3.8) is 0 Å². The summed E-state index contributed by atoms with van der Waals surface area (Å²) >= 11 is 0. The Bertz CT molecular complexity index is 496. The van der Waals surface area contributed by atoms with Crippen LogP contribution in [0.5, 0.6) is 0 Å². The summed E-state index contributed by atoms with van der Waals surface area (Å²) in [6, 6.07) is 9.00. The van der Waals surface area contributed by atoms with E-state index in [1.165, 1.54) is 0 Å². The number of hydrogen-bond acceptors (Lipinski definition) is 3. The topological polar surface area (TPSA) is 78.4 Å². The van der Waals surface area contributed by atoms with Crippen LogP contribution in [0.3, 0.4) is 0 Å². The summed E-state index contributed by atoms with van der Waals surface area (Å²) in [5.74, 6) is -0.199. The molecule has 2 rings (SSSR count). The van der Waals surface area contributed by atoms with Crippen molar-refractivity contribution in [1.29, 1.82) is 0 Å². The molecule has 1 aromatic rings. The molecule has 0 saturated heterocycles. The molecule has 5 nitrogen and oxygen atoms in total. The molecule has 22 heavy (non-hydrogen) atoms. The van der Waals surface area contributed by atoms with Crippen LogP contribution in [0, 0.1) is 0 Å². The first-order valence-electron chi connectivity index (χ1n) is 7.91. The van der Waals surface area contributed by atoms with Gasteiger partial charge in [0, 0.05) is 25.1 Å². The van der Waals surface area contributed by atoms with Gasteiger partial charge in [0.2, 0.25) is 5.91 Å². The Kier molecular flexibility index (Phi) is 5.95. The lowest BCUT2D eigenvalue weighted by Crippen LogP contribution is -2.40. The fraction of sp³-hybridized carbons (Fsp3) is 0.529. The van der Waals surface area contributed by atoms with E-state index in [-0.39, 0.29) is 11.8 Å². The van der Waals surface area contributed by atoms with Gasteiger partial charge in [-0.05, 0) is 31.4 Å². The molecule has 0 aliphatic heterocycles. The quantitative estimate of drug-likeness (QED) is 0.670. The van der Waals surface area contributed by atoms with Crippen LogP contribution in [0.2, 0.25) is 0 Å². The summed E-state index contributed by atoms with van der Waals surface area (Å²) in [7, 11) is 0. The summed E-state index contributed by atoms with van der Waals surface area (Å²) in [5, 5.41) is 15.7. The molecule has 0 spiro atoms. The molecule has 1 aliphatic rings. The van der Waals surface area contributed by atoms with E-state index < -0.39 is 5.60 Å². The summed E-state index contributed by atoms with van der Waals surface area (Å²) in [6.45, 7) is 0.799. The molecule has 1 aliphatic carbocycles. The second kappa shape index (κ2) is 7.94. The highest BCUT2D eigenvalue weighted by molar-refractivity contribution is 5.94. The normalized spacial score (nSPS) is 16.2. The van der Waals surface area contributed by atoms with Gasteiger partial charge in [-0.15, -0.1) is 0 Å². The van der Waals surface area contributed by atoms with Crippen LogP contribution in [-0.4, -0.2) is 35.6 Å². The third kappa shape index (κ3) is 5.15. The van der Waals surface area contributed by atoms with E-state index in [0.29, 0.717) is 31.5 Å². The molecule has 0 aromatic heterocycles. The Morgan fingerprint density at radius 2 is 1.77 bits per heavy atom. The Morgan fingerprint density at radius 3 is 2.45 bits per heavy atom. The Labute approximate surface area is 131 Å². The standard InChI is InChI=1S/C17H24N2O3/c20-15(19-13-17(22)10-4-5-11-17)9-6-12-18-16(21)14-7-2-1-3-8-14/h1-3,7-8,22H,4-6,9-13H2,(H,18,21)(H,19,20). The number of aliphatic hydroxyl groups is 1. The number of carbonyl (C=O) groups excluding carboxylic acids is 2. The van der Waals surface area contributed by atoms with Crippen LogP contribution in [-0.2, 0) is 4.79 Å². The number of rotatable bonds is 7. The van der Waals surface area contributed by atoms with Crippen LogP contribution in [0.1, 0.15) is 48.9 Å². The van der Waals surface area contributed by atoms with Crippen molar-refractivity contribution in [3.05, 3.63) is 35.9 Å². The van der Waals surface area contributed by atoms with Crippen molar-refractivity contribution >= 4 is 11.8 Å². The Hall–Kier alpha value is -1.88. The molecular weight excluding hydrogens is 280 g/mol. The zero-order chi connectivity index (χ0) is 15.8. The average molecular weight is 304 g/mol. The molecule has 2 amide bonds. The van der Waals surface area contributed by atoms with Gasteiger partial charge < -0.3 is 15.7 Å². The minimum Gasteiger partial charge on any atom is -0.388 e. The molecule has 0 unspecified atom stereocenters. The van der Waals surface area contributed by atoms with E-state index in [0.717, 1.165) is 25.7 Å². The maximum Gasteiger partial charge on any atom is 0.251 e. The lowest BCUT2D eigenvalue weighted by atomic mass is 10.0. The molecule has 0 atom stereocenters. The largest absolute Gasteiger partial charge is 0.388 e. The first kappa shape index (κ1) is 16.5. The number of amides is 2. The van der Waals surface area contributed by atoms with Crippen LogP contribution in [0.4, 0.5) is 0 Å². The third-order valence-corrected chi connectivity index (χ3v) is 4.05. The molecule has 0 heterocycles. The maximum absolute atomic E-state index is 11.8. The fourth-order valence-electron chi connectivity index (χ4n) is 2.70. The van der Waals surface area contributed by atoms with Gasteiger partial charge in [0.15, 0.2) is 0 Å². The summed E-state index contributed by atoms with van der Waals surface area (Å²) < 4.78 is 0. The predicted octanol–water partition coefficient (Wildman–Crippen LogP) is 1.62. The van der Waals surface area contributed by atoms with Gasteiger partial charge >= 0.3 is 0 Å². The first-order valence-corrected chi connectivity index (χ1v) is 7.91. The van der Waals surface area contributed by atoms with Gasteiger partial charge in [0.05, 0.1) is 5.60 Å². The maximum atomic E-state index is 11.8. The molecule has 1 aromatic carbocycles. The number of nitrogens with one attached hydrogen (secondary N) is 2. The molecule has 120 valence electrons. The number of hydrogen-bond donors (Lipinski definition) is 3. The molecular formula is C17H24N2O3. The van der Waals surface area contributed by atoms with Crippen LogP contribution in [0.25, 0.3) is 0 Å². The highest BCUT2D eigenvalue weighted by atomic mass is 16.3. The highest BCUT2D eigenvalue weighted by Gasteiger charge is 2.31. The lowest BCUT2D eigenvalue weighted by Gasteiger charge is -2.22. The summed E-state index contributed by atoms with van der Waals surface area (Å²) in [6.07, 6.45) is 4.52. The second-order valence-electron chi connectivity index (χ2n) is 5.93. The lowest BCUT2D eigenvalue weighted by molar-refractivity contribution is -0.122. The van der Waals surface area contributed by atoms with Gasteiger partial charge in [0.25, 0.3) is 5.91 Å². The SMILES string of the molecule is O=C(CCCNC(=O)c1ccccc1)NCC1(O)CCCC1. The van der Waals surface area contributed by atoms with Gasteiger partial charge in [-0.25, -0.2) is 0 Å². The van der Waals surface area contributed by atoms with Crippen molar-refractivity contribution in [2.75, 3.05) is 13.1 Å². The molecule has 1 fully saturated rings. The van der Waals surface area contributed by atoms with E-state index in [2.05, 4.69) is 10.6 Å². The van der Waals surface area contributed by atoms with Gasteiger partial charge in [0.1, 0.15) is 0 Å².